The van der Waals surface area contributed by atoms with Crippen molar-refractivity contribution in [3.63, 3.8) is 0 Å². The van der Waals surface area contributed by atoms with Crippen molar-refractivity contribution in [3.8, 4) is 0 Å². The van der Waals surface area contributed by atoms with Crippen LogP contribution < -0.4 is 0 Å². The number of para-hydroxylation sites is 1. The summed E-state index contributed by atoms with van der Waals surface area (Å²) in [5, 5.41) is 15.1. The molecule has 1 N–H and O–H groups in total. The van der Waals surface area contributed by atoms with Gasteiger partial charge in [0.25, 0.3) is 0 Å². The predicted molar refractivity (Wildman–Crippen MR) is 115 cm³/mol. The third kappa shape index (κ3) is 4.38. The van der Waals surface area contributed by atoms with Crippen molar-refractivity contribution in [2.45, 2.75) is 37.6 Å². The minimum Gasteiger partial charge on any atom is -0.376 e. The second-order valence-corrected chi connectivity index (χ2v) is 8.44. The molecule has 0 aliphatic heterocycles. The first-order valence-corrected chi connectivity index (χ1v) is 10.9. The molecule has 7 heteroatoms. The quantitative estimate of drug-likeness (QED) is 0.315. The molecular weight excluding hydrogens is 426 g/mol. The Kier molecular flexibility index (Phi) is 5.90. The summed E-state index contributed by atoms with van der Waals surface area (Å²) in [4.78, 5) is 0. The Hall–Kier alpha value is -2.64. The first-order valence-electron chi connectivity index (χ1n) is 9.91. The maximum Gasteiger partial charge on any atom is 0.421 e. The minimum absolute atomic E-state index is 0.169. The number of halogens is 4. The van der Waals surface area contributed by atoms with Crippen molar-refractivity contribution < 1.29 is 22.7 Å². The van der Waals surface area contributed by atoms with Gasteiger partial charge in [0.05, 0.1) is 0 Å². The van der Waals surface area contributed by atoms with E-state index < -0.39 is 24.0 Å². The minimum atomic E-state index is -4.84. The lowest BCUT2D eigenvalue weighted by Gasteiger charge is -2.30. The fourth-order valence-corrected chi connectivity index (χ4v) is 4.65. The maximum atomic E-state index is 14.2. The summed E-state index contributed by atoms with van der Waals surface area (Å²) in [6.07, 6.45) is -3.27. The third-order valence-electron chi connectivity index (χ3n) is 5.53. The van der Waals surface area contributed by atoms with Gasteiger partial charge in [-0.25, -0.2) is 4.39 Å². The number of hydrogen-bond donors (Lipinski definition) is 1. The molecule has 0 radical (unpaired) electrons. The van der Waals surface area contributed by atoms with Crippen LogP contribution in [0.5, 0.6) is 0 Å². The molecule has 0 saturated heterocycles. The van der Waals surface area contributed by atoms with Crippen LogP contribution in [0.4, 0.5) is 17.6 Å². The van der Waals surface area contributed by atoms with E-state index in [2.05, 4.69) is 0 Å². The summed E-state index contributed by atoms with van der Waals surface area (Å²) in [6.45, 7) is 0.196. The highest BCUT2D eigenvalue weighted by molar-refractivity contribution is 7.07. The molecule has 0 bridgehead atoms. The van der Waals surface area contributed by atoms with Crippen LogP contribution in [0.15, 0.2) is 71.6 Å². The fraction of sp³-hybridized carbons (Fsp3) is 0.250. The van der Waals surface area contributed by atoms with E-state index in [1.54, 1.807) is 41.0 Å². The zero-order chi connectivity index (χ0) is 22.1. The highest BCUT2D eigenvalue weighted by Gasteiger charge is 2.55. The van der Waals surface area contributed by atoms with E-state index in [4.69, 9.17) is 0 Å². The molecule has 31 heavy (non-hydrogen) atoms. The SMILES string of the molecule is OC(CCCc1ccsc1)(c1cn(Cc2cccc(F)c2)c2ccccc12)C(F)(F)F. The molecule has 1 unspecified atom stereocenters. The number of nitrogens with zero attached hydrogens (tertiary/aromatic N) is 1. The van der Waals surface area contributed by atoms with Crippen LogP contribution in [-0.4, -0.2) is 15.8 Å². The number of alkyl halides is 3. The van der Waals surface area contributed by atoms with Crippen molar-refractivity contribution in [3.05, 3.63) is 94.1 Å². The lowest BCUT2D eigenvalue weighted by Crippen LogP contribution is -2.42. The molecule has 2 aromatic carbocycles. The van der Waals surface area contributed by atoms with E-state index in [1.165, 1.54) is 29.7 Å². The molecule has 162 valence electrons. The van der Waals surface area contributed by atoms with Crippen LogP contribution in [0.3, 0.4) is 0 Å². The summed E-state index contributed by atoms with van der Waals surface area (Å²) in [5.41, 5.74) is -1.00. The van der Waals surface area contributed by atoms with Crippen LogP contribution in [0.1, 0.15) is 29.5 Å². The maximum absolute atomic E-state index is 14.2. The highest BCUT2D eigenvalue weighted by atomic mass is 32.1. The van der Waals surface area contributed by atoms with Gasteiger partial charge in [0, 0.05) is 29.2 Å². The molecule has 0 saturated carbocycles. The number of hydrogen-bond acceptors (Lipinski definition) is 2. The van der Waals surface area contributed by atoms with Crippen molar-refractivity contribution in [2.75, 3.05) is 0 Å². The molecule has 0 spiro atoms. The van der Waals surface area contributed by atoms with Crippen LogP contribution in [0.2, 0.25) is 0 Å². The third-order valence-corrected chi connectivity index (χ3v) is 6.26. The summed E-state index contributed by atoms with van der Waals surface area (Å²) >= 11 is 1.49. The topological polar surface area (TPSA) is 25.2 Å². The molecule has 1 atom stereocenters. The largest absolute Gasteiger partial charge is 0.421 e. The van der Waals surface area contributed by atoms with Gasteiger partial charge in [0.2, 0.25) is 0 Å². The molecule has 0 fully saturated rings. The molecular formula is C24H21F4NOS. The molecule has 0 amide bonds. The first-order chi connectivity index (χ1) is 14.8. The molecule has 0 aliphatic carbocycles. The predicted octanol–water partition coefficient (Wildman–Crippen LogP) is 6.66. The van der Waals surface area contributed by atoms with Crippen LogP contribution in [0, 0.1) is 5.82 Å². The second kappa shape index (κ2) is 8.48. The van der Waals surface area contributed by atoms with Crippen molar-refractivity contribution in [1.82, 2.24) is 4.57 Å². The summed E-state index contributed by atoms with van der Waals surface area (Å²) < 4.78 is 57.7. The molecule has 4 rings (SSSR count). The normalized spacial score (nSPS) is 14.1. The highest BCUT2D eigenvalue weighted by Crippen LogP contribution is 2.45. The number of thiophene rings is 1. The van der Waals surface area contributed by atoms with Gasteiger partial charge in [-0.3, -0.25) is 0 Å². The van der Waals surface area contributed by atoms with Gasteiger partial charge in [-0.15, -0.1) is 0 Å². The zero-order valence-corrected chi connectivity index (χ0v) is 17.4. The Morgan fingerprint density at radius 1 is 0.968 bits per heavy atom. The fourth-order valence-electron chi connectivity index (χ4n) is 3.95. The van der Waals surface area contributed by atoms with E-state index in [0.717, 1.165) is 5.56 Å². The van der Waals surface area contributed by atoms with E-state index in [9.17, 15) is 22.7 Å². The molecule has 2 nitrogen and oxygen atoms in total. The van der Waals surface area contributed by atoms with Crippen LogP contribution >= 0.6 is 11.3 Å². The number of benzene rings is 2. The Bertz CT molecular complexity index is 1170. The average molecular weight is 447 g/mol. The van der Waals surface area contributed by atoms with Crippen molar-refractivity contribution >= 4 is 22.2 Å². The van der Waals surface area contributed by atoms with Crippen LogP contribution in [0.25, 0.3) is 10.9 Å². The number of aliphatic hydroxyl groups is 1. The molecule has 4 aromatic rings. The molecule has 2 heterocycles. The first kappa shape index (κ1) is 21.6. The number of fused-ring (bicyclic) bond motifs is 1. The summed E-state index contributed by atoms with van der Waals surface area (Å²) in [5.74, 6) is -0.408. The van der Waals surface area contributed by atoms with Gasteiger partial charge in [-0.05, 0) is 65.4 Å². The molecule has 0 aliphatic rings. The standard InChI is InChI=1S/C24H21F4NOS/c25-19-7-3-5-18(13-19)14-29-15-21(20-8-1-2-9-22(20)29)23(30,24(26,27)28)11-4-6-17-10-12-31-16-17/h1-3,5,7-10,12-13,15-16,30H,4,6,11,14H2. The monoisotopic (exact) mass is 447 g/mol. The summed E-state index contributed by atoms with van der Waals surface area (Å²) in [7, 11) is 0. The van der Waals surface area contributed by atoms with E-state index in [-0.39, 0.29) is 18.5 Å². The zero-order valence-electron chi connectivity index (χ0n) is 16.6. The van der Waals surface area contributed by atoms with Crippen molar-refractivity contribution in [2.24, 2.45) is 0 Å². The van der Waals surface area contributed by atoms with E-state index in [0.29, 0.717) is 22.9 Å². The van der Waals surface area contributed by atoms with Gasteiger partial charge in [-0.1, -0.05) is 30.3 Å². The molecule has 2 aromatic heterocycles. The second-order valence-electron chi connectivity index (χ2n) is 7.66. The van der Waals surface area contributed by atoms with Gasteiger partial charge >= 0.3 is 6.18 Å². The lowest BCUT2D eigenvalue weighted by molar-refractivity contribution is -0.269. The Balaban J connectivity index is 1.72. The van der Waals surface area contributed by atoms with E-state index >= 15 is 0 Å². The Labute approximate surface area is 181 Å². The van der Waals surface area contributed by atoms with Gasteiger partial charge in [0.1, 0.15) is 5.82 Å². The van der Waals surface area contributed by atoms with E-state index in [1.807, 2.05) is 16.8 Å². The number of rotatable bonds is 7. The van der Waals surface area contributed by atoms with Crippen molar-refractivity contribution in [1.29, 1.82) is 0 Å². The Morgan fingerprint density at radius 2 is 1.77 bits per heavy atom. The van der Waals surface area contributed by atoms with Gasteiger partial charge < -0.3 is 9.67 Å². The number of aryl methyl sites for hydroxylation is 1. The lowest BCUT2D eigenvalue weighted by atomic mass is 9.87. The average Bonchev–Trinajstić information content (AvgIpc) is 3.36. The van der Waals surface area contributed by atoms with Gasteiger partial charge in [-0.2, -0.15) is 24.5 Å². The van der Waals surface area contributed by atoms with Crippen LogP contribution in [-0.2, 0) is 18.6 Å². The summed E-state index contributed by atoms with van der Waals surface area (Å²) in [6, 6.07) is 14.5. The number of aromatic nitrogens is 1. The smallest absolute Gasteiger partial charge is 0.376 e. The Morgan fingerprint density at radius 3 is 2.48 bits per heavy atom. The van der Waals surface area contributed by atoms with Gasteiger partial charge in [0.15, 0.2) is 5.60 Å².